The molecule has 2 rings (SSSR count). The molecule has 0 aliphatic carbocycles. The molecule has 0 bridgehead atoms. The molecule has 0 fully saturated rings. The standard InChI is InChI=1S/C20H23N5S3/c1-4-17(26)22-23-18(14-8-6-5-7-9-14)19(24-25-20(27)21-2)15-10-12-16(28-3)13-11-15/h5-13H,4H2,1-3H3,(H,22,26)(H2,21,25,27). The molecule has 0 saturated heterocycles. The molecule has 0 unspecified atom stereocenters. The average molecular weight is 430 g/mol. The quantitative estimate of drug-likeness (QED) is 0.268. The third kappa shape index (κ3) is 6.40. The summed E-state index contributed by atoms with van der Waals surface area (Å²) in [5.74, 6) is 0. The summed E-state index contributed by atoms with van der Waals surface area (Å²) in [4.78, 5) is 1.83. The Bertz CT molecular complexity index is 861. The molecule has 2 aromatic carbocycles. The smallest absolute Gasteiger partial charge is 0.186 e. The lowest BCUT2D eigenvalue weighted by molar-refractivity contribution is 0.974. The van der Waals surface area contributed by atoms with E-state index in [0.717, 1.165) is 11.1 Å². The molecule has 0 radical (unpaired) electrons. The van der Waals surface area contributed by atoms with Crippen molar-refractivity contribution < 1.29 is 0 Å². The average Bonchev–Trinajstić information content (AvgIpc) is 2.76. The molecule has 5 nitrogen and oxygen atoms in total. The van der Waals surface area contributed by atoms with E-state index in [0.29, 0.717) is 27.9 Å². The zero-order valence-corrected chi connectivity index (χ0v) is 18.5. The molecule has 8 heteroatoms. The van der Waals surface area contributed by atoms with E-state index in [1.165, 1.54) is 4.90 Å². The summed E-state index contributed by atoms with van der Waals surface area (Å²) in [6.07, 6.45) is 2.75. The van der Waals surface area contributed by atoms with Crippen molar-refractivity contribution in [1.82, 2.24) is 16.2 Å². The van der Waals surface area contributed by atoms with Gasteiger partial charge in [0.05, 0.1) is 4.99 Å². The van der Waals surface area contributed by atoms with E-state index in [4.69, 9.17) is 24.4 Å². The van der Waals surface area contributed by atoms with E-state index in [9.17, 15) is 0 Å². The van der Waals surface area contributed by atoms with Crippen LogP contribution in [0.5, 0.6) is 0 Å². The zero-order chi connectivity index (χ0) is 20.4. The number of thioether (sulfide) groups is 1. The van der Waals surface area contributed by atoms with Crippen molar-refractivity contribution in [3.8, 4) is 0 Å². The second-order valence-corrected chi connectivity index (χ2v) is 7.38. The summed E-state index contributed by atoms with van der Waals surface area (Å²) in [7, 11) is 1.74. The molecule has 2 aromatic rings. The fourth-order valence-corrected chi connectivity index (χ4v) is 2.71. The van der Waals surface area contributed by atoms with Crippen molar-refractivity contribution in [1.29, 1.82) is 0 Å². The highest BCUT2D eigenvalue weighted by Gasteiger charge is 2.16. The maximum atomic E-state index is 5.28. The number of nitrogens with one attached hydrogen (secondary N) is 3. The number of thiocarbonyl (C=S) groups is 2. The predicted octanol–water partition coefficient (Wildman–Crippen LogP) is 3.94. The number of nitrogens with zero attached hydrogens (tertiary/aromatic N) is 2. The summed E-state index contributed by atoms with van der Waals surface area (Å²) < 4.78 is 0. The van der Waals surface area contributed by atoms with Gasteiger partial charge in [-0.25, -0.2) is 0 Å². The molecule has 0 heterocycles. The van der Waals surface area contributed by atoms with Crippen molar-refractivity contribution >= 4 is 57.7 Å². The second-order valence-electron chi connectivity index (χ2n) is 5.59. The van der Waals surface area contributed by atoms with Crippen LogP contribution in [0.2, 0.25) is 0 Å². The van der Waals surface area contributed by atoms with Crippen molar-refractivity contribution in [2.24, 2.45) is 10.2 Å². The van der Waals surface area contributed by atoms with Crippen molar-refractivity contribution in [2.45, 2.75) is 18.2 Å². The lowest BCUT2D eigenvalue weighted by atomic mass is 10.00. The number of benzene rings is 2. The third-order valence-electron chi connectivity index (χ3n) is 3.74. The van der Waals surface area contributed by atoms with Gasteiger partial charge < -0.3 is 5.32 Å². The molecule has 146 valence electrons. The minimum absolute atomic E-state index is 0.419. The van der Waals surface area contributed by atoms with Crippen molar-refractivity contribution in [2.75, 3.05) is 13.3 Å². The van der Waals surface area contributed by atoms with Gasteiger partial charge >= 0.3 is 0 Å². The molecule has 0 aliphatic rings. The first kappa shape index (κ1) is 22.0. The normalized spacial score (nSPS) is 11.7. The van der Waals surface area contributed by atoms with E-state index in [1.54, 1.807) is 18.8 Å². The SMILES string of the molecule is CCC(=S)NN=C(C(=NNC(=S)NC)c1ccc(SC)cc1)c1ccccc1. The van der Waals surface area contributed by atoms with Crippen LogP contribution in [0.4, 0.5) is 0 Å². The molecule has 0 amide bonds. The van der Waals surface area contributed by atoms with Gasteiger partial charge in [-0.15, -0.1) is 11.8 Å². The Hall–Kier alpha value is -2.29. The molecular formula is C20H23N5S3. The maximum Gasteiger partial charge on any atom is 0.186 e. The van der Waals surface area contributed by atoms with Gasteiger partial charge in [0.1, 0.15) is 11.4 Å². The minimum atomic E-state index is 0.419. The van der Waals surface area contributed by atoms with Crippen LogP contribution in [0.1, 0.15) is 24.5 Å². The molecule has 28 heavy (non-hydrogen) atoms. The largest absolute Gasteiger partial charge is 0.364 e. The highest BCUT2D eigenvalue weighted by molar-refractivity contribution is 7.98. The van der Waals surface area contributed by atoms with E-state index in [2.05, 4.69) is 38.5 Å². The van der Waals surface area contributed by atoms with Crippen molar-refractivity contribution in [3.05, 3.63) is 65.7 Å². The minimum Gasteiger partial charge on any atom is -0.364 e. The van der Waals surface area contributed by atoms with E-state index in [-0.39, 0.29) is 0 Å². The molecule has 0 spiro atoms. The maximum absolute atomic E-state index is 5.28. The molecule has 0 aliphatic heterocycles. The highest BCUT2D eigenvalue weighted by atomic mass is 32.2. The van der Waals surface area contributed by atoms with Crippen LogP contribution in [-0.2, 0) is 0 Å². The van der Waals surface area contributed by atoms with E-state index >= 15 is 0 Å². The fraction of sp³-hybridized carbons (Fsp3) is 0.200. The summed E-state index contributed by atoms with van der Waals surface area (Å²) in [6, 6.07) is 18.0. The van der Waals surface area contributed by atoms with Gasteiger partial charge in [0.15, 0.2) is 5.11 Å². The lowest BCUT2D eigenvalue weighted by Crippen LogP contribution is -2.32. The fourth-order valence-electron chi connectivity index (χ4n) is 2.21. The van der Waals surface area contributed by atoms with Gasteiger partial charge in [-0.1, -0.05) is 61.6 Å². The van der Waals surface area contributed by atoms with Crippen LogP contribution in [0, 0.1) is 0 Å². The number of rotatable bonds is 7. The van der Waals surface area contributed by atoms with Crippen LogP contribution in [0.3, 0.4) is 0 Å². The summed E-state index contributed by atoms with van der Waals surface area (Å²) in [5.41, 5.74) is 8.99. The van der Waals surface area contributed by atoms with Gasteiger partial charge in [-0.2, -0.15) is 10.2 Å². The summed E-state index contributed by atoms with van der Waals surface area (Å²) in [5, 5.41) is 12.4. The van der Waals surface area contributed by atoms with Gasteiger partial charge in [0.2, 0.25) is 0 Å². The van der Waals surface area contributed by atoms with E-state index < -0.39 is 0 Å². The van der Waals surface area contributed by atoms with Gasteiger partial charge in [0.25, 0.3) is 0 Å². The van der Waals surface area contributed by atoms with Crippen LogP contribution in [0.15, 0.2) is 69.7 Å². The van der Waals surface area contributed by atoms with Gasteiger partial charge in [0, 0.05) is 23.1 Å². The van der Waals surface area contributed by atoms with Crippen molar-refractivity contribution in [3.63, 3.8) is 0 Å². The summed E-state index contributed by atoms with van der Waals surface area (Å²) >= 11 is 12.1. The Morgan fingerprint density at radius 1 is 0.893 bits per heavy atom. The zero-order valence-electron chi connectivity index (χ0n) is 16.0. The Kier molecular flexibility index (Phi) is 9.06. The van der Waals surface area contributed by atoms with Gasteiger partial charge in [-0.05, 0) is 37.0 Å². The Balaban J connectivity index is 2.55. The first-order valence-electron chi connectivity index (χ1n) is 8.71. The molecule has 0 aromatic heterocycles. The third-order valence-corrected chi connectivity index (χ3v) is 5.16. The molecule has 0 atom stereocenters. The molecule has 3 N–H and O–H groups in total. The van der Waals surface area contributed by atoms with Crippen LogP contribution in [0.25, 0.3) is 0 Å². The Labute approximate surface area is 181 Å². The first-order valence-corrected chi connectivity index (χ1v) is 10.7. The van der Waals surface area contributed by atoms with Crippen LogP contribution < -0.4 is 16.2 Å². The molecular weight excluding hydrogens is 406 g/mol. The van der Waals surface area contributed by atoms with Gasteiger partial charge in [-0.3, -0.25) is 10.9 Å². The Morgan fingerprint density at radius 2 is 1.46 bits per heavy atom. The number of hydrazone groups is 2. The lowest BCUT2D eigenvalue weighted by Gasteiger charge is -2.13. The molecule has 0 saturated carbocycles. The number of hydrogen-bond donors (Lipinski definition) is 3. The summed E-state index contributed by atoms with van der Waals surface area (Å²) in [6.45, 7) is 1.98. The Morgan fingerprint density at radius 3 is 2.00 bits per heavy atom. The number of hydrogen-bond acceptors (Lipinski definition) is 5. The van der Waals surface area contributed by atoms with Crippen LogP contribution >= 0.6 is 36.2 Å². The second kappa shape index (κ2) is 11.5. The first-order chi connectivity index (χ1) is 13.6. The van der Waals surface area contributed by atoms with Crippen LogP contribution in [-0.4, -0.2) is 34.8 Å². The topological polar surface area (TPSA) is 60.8 Å². The van der Waals surface area contributed by atoms with E-state index in [1.807, 2.05) is 55.6 Å². The predicted molar refractivity (Wildman–Crippen MR) is 129 cm³/mol. The monoisotopic (exact) mass is 429 g/mol. The highest BCUT2D eigenvalue weighted by Crippen LogP contribution is 2.17.